The van der Waals surface area contributed by atoms with Gasteiger partial charge in [0.2, 0.25) is 0 Å². The Bertz CT molecular complexity index is 473. The van der Waals surface area contributed by atoms with Gasteiger partial charge in [-0.1, -0.05) is 18.2 Å². The summed E-state index contributed by atoms with van der Waals surface area (Å²) < 4.78 is 0. The number of aryl methyl sites for hydroxylation is 1. The molecule has 0 saturated heterocycles. The van der Waals surface area contributed by atoms with E-state index in [1.807, 2.05) is 30.5 Å². The van der Waals surface area contributed by atoms with Crippen LogP contribution in [0.3, 0.4) is 0 Å². The first kappa shape index (κ1) is 12.6. The van der Waals surface area contributed by atoms with Crippen molar-refractivity contribution >= 4 is 54.6 Å². The van der Waals surface area contributed by atoms with Crippen LogP contribution in [0.5, 0.6) is 0 Å². The Hall–Kier alpha value is -0.510. The molecule has 0 aliphatic heterocycles. The number of carboxylic acid groups (broad SMARTS) is 1. The molecule has 0 spiro atoms. The fourth-order valence-electron chi connectivity index (χ4n) is 1.58. The number of hydrogen-bond donors (Lipinski definition) is 2. The van der Waals surface area contributed by atoms with E-state index in [1.165, 1.54) is 0 Å². The number of benzene rings is 1. The third kappa shape index (κ3) is 2.97. The Morgan fingerprint density at radius 2 is 2.13 bits per heavy atom. The molecule has 4 heteroatoms. The number of aliphatic carboxylic acids is 1. The number of carbonyl (C=O) groups is 1. The molecule has 0 aliphatic rings. The van der Waals surface area contributed by atoms with Gasteiger partial charge < -0.3 is 12.9 Å². The summed E-state index contributed by atoms with van der Waals surface area (Å²) in [4.78, 5) is 13.5. The second kappa shape index (κ2) is 5.54. The van der Waals surface area contributed by atoms with Crippen LogP contribution in [-0.4, -0.2) is 53.8 Å². The largest absolute Gasteiger partial charge is 2.00 e. The molecule has 0 fully saturated rings. The second-order valence-corrected chi connectivity index (χ2v) is 3.25. The van der Waals surface area contributed by atoms with E-state index in [0.717, 1.165) is 16.5 Å². The van der Waals surface area contributed by atoms with Crippen LogP contribution in [0.4, 0.5) is 0 Å². The van der Waals surface area contributed by atoms with Crippen molar-refractivity contribution in [3.05, 3.63) is 36.0 Å². The molecule has 2 aromatic rings. The fraction of sp³-hybridized carbons (Fsp3) is 0.182. The first-order chi connectivity index (χ1) is 6.77. The van der Waals surface area contributed by atoms with E-state index < -0.39 is 5.97 Å². The van der Waals surface area contributed by atoms with Crippen molar-refractivity contribution in [2.75, 3.05) is 0 Å². The molecule has 1 aromatic heterocycles. The van der Waals surface area contributed by atoms with Crippen LogP contribution in [-0.2, 0) is 11.2 Å². The van der Waals surface area contributed by atoms with Gasteiger partial charge in [0, 0.05) is 23.5 Å². The second-order valence-electron chi connectivity index (χ2n) is 3.25. The molecule has 15 heavy (non-hydrogen) atoms. The number of hydrogen-bond acceptors (Lipinski definition) is 1. The number of aromatic nitrogens is 1. The predicted octanol–water partition coefficient (Wildman–Crippen LogP) is 2.03. The molecule has 0 saturated carbocycles. The van der Waals surface area contributed by atoms with Gasteiger partial charge in [-0.05, 0) is 18.1 Å². The minimum Gasteiger partial charge on any atom is -1.00 e. The summed E-state index contributed by atoms with van der Waals surface area (Å²) in [5.41, 5.74) is 2.14. The minimum absolute atomic E-state index is 0. The van der Waals surface area contributed by atoms with Gasteiger partial charge in [-0.15, -0.1) is 0 Å². The zero-order valence-electron chi connectivity index (χ0n) is 10.4. The Morgan fingerprint density at radius 3 is 2.87 bits per heavy atom. The summed E-state index contributed by atoms with van der Waals surface area (Å²) in [6.07, 6.45) is 2.65. The van der Waals surface area contributed by atoms with Crippen molar-refractivity contribution in [1.82, 2.24) is 4.98 Å². The van der Waals surface area contributed by atoms with E-state index in [2.05, 4.69) is 4.98 Å². The van der Waals surface area contributed by atoms with Crippen LogP contribution in [0.2, 0.25) is 0 Å². The fourth-order valence-corrected chi connectivity index (χ4v) is 1.58. The normalized spacial score (nSPS) is 9.87. The number of fused-ring (bicyclic) bond motifs is 1. The van der Waals surface area contributed by atoms with Crippen LogP contribution in [0.15, 0.2) is 30.5 Å². The monoisotopic (exact) mass is 231 g/mol. The molecule has 2 N–H and O–H groups in total. The van der Waals surface area contributed by atoms with Crippen molar-refractivity contribution < 1.29 is 12.8 Å². The minimum atomic E-state index is -0.754. The first-order valence-corrected chi connectivity index (χ1v) is 4.54. The van der Waals surface area contributed by atoms with Crippen molar-refractivity contribution in [3.63, 3.8) is 0 Å². The van der Waals surface area contributed by atoms with Crippen molar-refractivity contribution in [2.45, 2.75) is 12.8 Å². The van der Waals surface area contributed by atoms with Gasteiger partial charge in [-0.2, -0.15) is 0 Å². The molecule has 0 unspecified atom stereocenters. The molecule has 0 amide bonds. The van der Waals surface area contributed by atoms with Gasteiger partial charge in [0.25, 0.3) is 0 Å². The molecule has 0 radical (unpaired) electrons. The average molecular weight is 231 g/mol. The summed E-state index contributed by atoms with van der Waals surface area (Å²) in [7, 11) is 0. The Labute approximate surface area is 120 Å². The van der Waals surface area contributed by atoms with Gasteiger partial charge >= 0.3 is 43.7 Å². The Morgan fingerprint density at radius 1 is 1.40 bits per heavy atom. The van der Waals surface area contributed by atoms with Gasteiger partial charge in [0.1, 0.15) is 0 Å². The van der Waals surface area contributed by atoms with E-state index in [4.69, 9.17) is 5.11 Å². The van der Waals surface area contributed by atoms with E-state index in [9.17, 15) is 4.79 Å². The Balaban J connectivity index is 0. The smallest absolute Gasteiger partial charge is 1.00 e. The van der Waals surface area contributed by atoms with Crippen LogP contribution in [0, 0.1) is 0 Å². The molecule has 1 aromatic carbocycles. The quantitative estimate of drug-likeness (QED) is 0.794. The summed E-state index contributed by atoms with van der Waals surface area (Å²) >= 11 is 0. The summed E-state index contributed by atoms with van der Waals surface area (Å²) in [6.45, 7) is 0. The maximum atomic E-state index is 10.4. The van der Waals surface area contributed by atoms with Crippen molar-refractivity contribution in [1.29, 1.82) is 0 Å². The van der Waals surface area contributed by atoms with Crippen LogP contribution < -0.4 is 0 Å². The zero-order valence-corrected chi connectivity index (χ0v) is 10.6. The van der Waals surface area contributed by atoms with Crippen molar-refractivity contribution in [2.24, 2.45) is 0 Å². The number of para-hydroxylation sites is 1. The molecule has 76 valence electrons. The van der Waals surface area contributed by atoms with Crippen LogP contribution in [0.1, 0.15) is 14.8 Å². The predicted molar refractivity (Wildman–Crippen MR) is 62.2 cm³/mol. The van der Waals surface area contributed by atoms with E-state index in [0.29, 0.717) is 6.42 Å². The maximum absolute atomic E-state index is 10.4. The maximum Gasteiger partial charge on any atom is 2.00 e. The van der Waals surface area contributed by atoms with E-state index in [-0.39, 0.29) is 47.0 Å². The average Bonchev–Trinajstić information content (AvgIpc) is 2.58. The SMILES string of the molecule is O=C(O)CCc1c[nH]c2ccccc12.[Ca+2].[H-].[H-]. The van der Waals surface area contributed by atoms with Gasteiger partial charge in [-0.25, -0.2) is 0 Å². The van der Waals surface area contributed by atoms with E-state index >= 15 is 0 Å². The zero-order chi connectivity index (χ0) is 9.97. The molecular formula is C11H13CaNO2. The molecule has 0 aliphatic carbocycles. The third-order valence-electron chi connectivity index (χ3n) is 2.28. The van der Waals surface area contributed by atoms with Crippen LogP contribution >= 0.6 is 0 Å². The molecule has 0 atom stereocenters. The van der Waals surface area contributed by atoms with Crippen LogP contribution in [0.25, 0.3) is 10.9 Å². The molecule has 2 rings (SSSR count). The standard InChI is InChI=1S/C11H11NO2.Ca.2H/c13-11(14)6-5-8-7-12-10-4-2-1-3-9(8)10;;;/h1-4,7,12H,5-6H2,(H,13,14);;;/q;+2;2*-1. The van der Waals surface area contributed by atoms with Gasteiger partial charge in [0.05, 0.1) is 0 Å². The number of carboxylic acids is 1. The number of nitrogens with one attached hydrogen (secondary N) is 1. The van der Waals surface area contributed by atoms with Gasteiger partial charge in [0.15, 0.2) is 0 Å². The molecular weight excluding hydrogens is 218 g/mol. The number of H-pyrrole nitrogens is 1. The number of aromatic amines is 1. The molecule has 0 bridgehead atoms. The van der Waals surface area contributed by atoms with Gasteiger partial charge in [-0.3, -0.25) is 4.79 Å². The summed E-state index contributed by atoms with van der Waals surface area (Å²) in [5.74, 6) is -0.754. The third-order valence-corrected chi connectivity index (χ3v) is 2.28. The van der Waals surface area contributed by atoms with E-state index in [1.54, 1.807) is 0 Å². The first-order valence-electron chi connectivity index (χ1n) is 4.54. The summed E-state index contributed by atoms with van der Waals surface area (Å²) in [6, 6.07) is 7.91. The van der Waals surface area contributed by atoms with Crippen molar-refractivity contribution in [3.8, 4) is 0 Å². The molecule has 1 heterocycles. The molecule has 3 nitrogen and oxygen atoms in total. The number of rotatable bonds is 3. The topological polar surface area (TPSA) is 53.1 Å². The Kier molecular flexibility index (Phi) is 4.64. The summed E-state index contributed by atoms with van der Waals surface area (Å²) in [5, 5.41) is 9.69.